The Hall–Kier alpha value is -1.95. The van der Waals surface area contributed by atoms with Crippen molar-refractivity contribution >= 4 is 6.03 Å². The Morgan fingerprint density at radius 1 is 1.25 bits per heavy atom. The number of methoxy groups -OCH3 is 2. The van der Waals surface area contributed by atoms with E-state index in [9.17, 15) is 4.79 Å². The Morgan fingerprint density at radius 3 is 2.62 bits per heavy atom. The Bertz CT molecular complexity index is 408. The number of urea groups is 1. The number of ether oxygens (including phenoxy) is 2. The molecule has 86 valence electrons. The molecule has 3 N–H and O–H groups in total. The summed E-state index contributed by atoms with van der Waals surface area (Å²) in [4.78, 5) is 11.0. The van der Waals surface area contributed by atoms with Crippen LogP contribution in [0.1, 0.15) is 11.7 Å². The first-order chi connectivity index (χ1) is 7.74. The van der Waals surface area contributed by atoms with E-state index in [0.717, 1.165) is 5.56 Å². The van der Waals surface area contributed by atoms with Crippen molar-refractivity contribution in [3.63, 3.8) is 0 Å². The van der Waals surface area contributed by atoms with E-state index in [2.05, 4.69) is 16.2 Å². The lowest BCUT2D eigenvalue weighted by atomic mass is 10.1. The van der Waals surface area contributed by atoms with Crippen molar-refractivity contribution in [1.29, 1.82) is 0 Å². The van der Waals surface area contributed by atoms with Gasteiger partial charge in [-0.3, -0.25) is 5.43 Å². The molecule has 0 aliphatic carbocycles. The molecule has 1 aromatic rings. The van der Waals surface area contributed by atoms with Crippen molar-refractivity contribution in [3.05, 3.63) is 23.8 Å². The van der Waals surface area contributed by atoms with Crippen LogP contribution < -0.4 is 25.6 Å². The Balaban J connectivity index is 2.29. The molecule has 0 saturated carbocycles. The summed E-state index contributed by atoms with van der Waals surface area (Å²) in [5, 5.41) is 2.70. The number of benzene rings is 1. The molecule has 1 aromatic carbocycles. The van der Waals surface area contributed by atoms with Crippen LogP contribution >= 0.6 is 0 Å². The van der Waals surface area contributed by atoms with E-state index in [4.69, 9.17) is 9.47 Å². The molecule has 1 atom stereocenters. The van der Waals surface area contributed by atoms with E-state index in [1.165, 1.54) is 0 Å². The third kappa shape index (κ3) is 1.87. The maximum atomic E-state index is 11.0. The normalized spacial score (nSPS) is 18.9. The summed E-state index contributed by atoms with van der Waals surface area (Å²) in [6, 6.07) is 5.15. The first-order valence-electron chi connectivity index (χ1n) is 4.78. The van der Waals surface area contributed by atoms with Gasteiger partial charge in [0, 0.05) is 11.6 Å². The second-order valence-corrected chi connectivity index (χ2v) is 3.28. The zero-order valence-electron chi connectivity index (χ0n) is 9.03. The fourth-order valence-corrected chi connectivity index (χ4v) is 1.55. The van der Waals surface area contributed by atoms with E-state index in [1.807, 2.05) is 12.1 Å². The van der Waals surface area contributed by atoms with Crippen LogP contribution in [0.15, 0.2) is 18.2 Å². The molecule has 0 spiro atoms. The summed E-state index contributed by atoms with van der Waals surface area (Å²) in [5.74, 6) is 1.36. The molecule has 6 nitrogen and oxygen atoms in total. The maximum Gasteiger partial charge on any atom is 0.330 e. The van der Waals surface area contributed by atoms with Crippen molar-refractivity contribution in [3.8, 4) is 11.5 Å². The molecule has 0 aromatic heterocycles. The van der Waals surface area contributed by atoms with Gasteiger partial charge < -0.3 is 14.8 Å². The van der Waals surface area contributed by atoms with Crippen LogP contribution in [0.2, 0.25) is 0 Å². The molecular weight excluding hydrogens is 210 g/mol. The van der Waals surface area contributed by atoms with Gasteiger partial charge in [-0.2, -0.15) is 0 Å². The minimum Gasteiger partial charge on any atom is -0.497 e. The zero-order valence-corrected chi connectivity index (χ0v) is 9.03. The number of hydrogen-bond donors (Lipinski definition) is 3. The van der Waals surface area contributed by atoms with Gasteiger partial charge in [0.05, 0.1) is 14.2 Å². The highest BCUT2D eigenvalue weighted by Crippen LogP contribution is 2.28. The number of hydrogen-bond acceptors (Lipinski definition) is 4. The third-order valence-electron chi connectivity index (χ3n) is 2.36. The summed E-state index contributed by atoms with van der Waals surface area (Å²) in [5.41, 5.74) is 6.10. The fourth-order valence-electron chi connectivity index (χ4n) is 1.55. The first-order valence-corrected chi connectivity index (χ1v) is 4.78. The highest BCUT2D eigenvalue weighted by molar-refractivity contribution is 5.76. The lowest BCUT2D eigenvalue weighted by Gasteiger charge is -2.14. The fraction of sp³-hybridized carbons (Fsp3) is 0.300. The topological polar surface area (TPSA) is 71.6 Å². The summed E-state index contributed by atoms with van der Waals surface area (Å²) < 4.78 is 10.3. The van der Waals surface area contributed by atoms with Gasteiger partial charge in [-0.1, -0.05) is 0 Å². The van der Waals surface area contributed by atoms with Gasteiger partial charge in [-0.05, 0) is 12.1 Å². The van der Waals surface area contributed by atoms with Crippen LogP contribution in [0.5, 0.6) is 11.5 Å². The van der Waals surface area contributed by atoms with Crippen molar-refractivity contribution in [1.82, 2.24) is 16.2 Å². The van der Waals surface area contributed by atoms with Crippen LogP contribution in [-0.2, 0) is 0 Å². The van der Waals surface area contributed by atoms with Gasteiger partial charge in [0.2, 0.25) is 0 Å². The van der Waals surface area contributed by atoms with Crippen LogP contribution in [-0.4, -0.2) is 20.3 Å². The largest absolute Gasteiger partial charge is 0.497 e. The molecule has 1 aliphatic rings. The monoisotopic (exact) mass is 223 g/mol. The Labute approximate surface area is 92.9 Å². The average molecular weight is 223 g/mol. The molecule has 1 aliphatic heterocycles. The van der Waals surface area contributed by atoms with Crippen LogP contribution in [0.3, 0.4) is 0 Å². The predicted octanol–water partition coefficient (Wildman–Crippen LogP) is 0.520. The predicted molar refractivity (Wildman–Crippen MR) is 57.1 cm³/mol. The molecule has 1 heterocycles. The van der Waals surface area contributed by atoms with E-state index >= 15 is 0 Å². The van der Waals surface area contributed by atoms with Crippen LogP contribution in [0.25, 0.3) is 0 Å². The molecule has 1 saturated heterocycles. The van der Waals surface area contributed by atoms with Gasteiger partial charge >= 0.3 is 6.03 Å². The number of amides is 2. The molecule has 1 unspecified atom stereocenters. The Morgan fingerprint density at radius 2 is 2.06 bits per heavy atom. The van der Waals surface area contributed by atoms with Crippen LogP contribution in [0.4, 0.5) is 4.79 Å². The number of carbonyl (C=O) groups is 1. The summed E-state index contributed by atoms with van der Waals surface area (Å²) in [6.45, 7) is 0. The van der Waals surface area contributed by atoms with Gasteiger partial charge in [0.1, 0.15) is 17.7 Å². The van der Waals surface area contributed by atoms with Crippen molar-refractivity contribution in [2.24, 2.45) is 0 Å². The van der Waals surface area contributed by atoms with Crippen molar-refractivity contribution in [2.75, 3.05) is 14.2 Å². The first kappa shape index (κ1) is 10.6. The zero-order chi connectivity index (χ0) is 11.5. The minimum absolute atomic E-state index is 0.261. The molecule has 6 heteroatoms. The number of hydrazine groups is 1. The SMILES string of the molecule is COc1ccc(C2NNC(=O)N2)c(OC)c1. The molecule has 1 fully saturated rings. The lowest BCUT2D eigenvalue weighted by molar-refractivity contribution is 0.247. The molecule has 16 heavy (non-hydrogen) atoms. The van der Waals surface area contributed by atoms with E-state index in [1.54, 1.807) is 20.3 Å². The molecule has 2 rings (SSSR count). The molecule has 2 amide bonds. The second-order valence-electron chi connectivity index (χ2n) is 3.28. The number of carbonyl (C=O) groups excluding carboxylic acids is 1. The highest BCUT2D eigenvalue weighted by atomic mass is 16.5. The smallest absolute Gasteiger partial charge is 0.330 e. The van der Waals surface area contributed by atoms with Crippen LogP contribution in [0, 0.1) is 0 Å². The summed E-state index contributed by atoms with van der Waals surface area (Å²) >= 11 is 0. The van der Waals surface area contributed by atoms with Gasteiger partial charge in [0.15, 0.2) is 0 Å². The number of nitrogens with one attached hydrogen (secondary N) is 3. The van der Waals surface area contributed by atoms with Gasteiger partial charge in [-0.25, -0.2) is 10.2 Å². The molecule has 0 bridgehead atoms. The molecule has 0 radical (unpaired) electrons. The summed E-state index contributed by atoms with van der Waals surface area (Å²) in [7, 11) is 3.16. The minimum atomic E-state index is -0.298. The maximum absolute atomic E-state index is 11.0. The highest BCUT2D eigenvalue weighted by Gasteiger charge is 2.23. The van der Waals surface area contributed by atoms with E-state index in [-0.39, 0.29) is 12.2 Å². The van der Waals surface area contributed by atoms with Crippen molar-refractivity contribution < 1.29 is 14.3 Å². The quantitative estimate of drug-likeness (QED) is 0.698. The lowest BCUT2D eigenvalue weighted by Crippen LogP contribution is -2.26. The van der Waals surface area contributed by atoms with Gasteiger partial charge in [0.25, 0.3) is 0 Å². The molecular formula is C10H13N3O3. The average Bonchev–Trinajstić information content (AvgIpc) is 2.74. The van der Waals surface area contributed by atoms with E-state index < -0.39 is 0 Å². The summed E-state index contributed by atoms with van der Waals surface area (Å²) in [6.07, 6.45) is -0.298. The van der Waals surface area contributed by atoms with Crippen molar-refractivity contribution in [2.45, 2.75) is 6.17 Å². The Kier molecular flexibility index (Phi) is 2.82. The third-order valence-corrected chi connectivity index (χ3v) is 2.36. The second kappa shape index (κ2) is 4.28. The number of rotatable bonds is 3. The van der Waals surface area contributed by atoms with Gasteiger partial charge in [-0.15, -0.1) is 0 Å². The standard InChI is InChI=1S/C10H13N3O3/c1-15-6-3-4-7(8(5-6)16-2)9-11-10(14)13-12-9/h3-5,9,12H,1-2H3,(H2,11,13,14). The van der Waals surface area contributed by atoms with E-state index in [0.29, 0.717) is 11.5 Å².